The molecule has 1 aliphatic carbocycles. The van der Waals surface area contributed by atoms with Crippen LogP contribution in [-0.2, 0) is 5.41 Å². The fourth-order valence-electron chi connectivity index (χ4n) is 2.25. The van der Waals surface area contributed by atoms with Crippen LogP contribution in [0.5, 0.6) is 0 Å². The maximum atomic E-state index is 9.05. The third kappa shape index (κ3) is 1.73. The van der Waals surface area contributed by atoms with Crippen molar-refractivity contribution in [3.63, 3.8) is 0 Å². The summed E-state index contributed by atoms with van der Waals surface area (Å²) >= 11 is 5.94. The first-order chi connectivity index (χ1) is 7.36. The zero-order chi connectivity index (χ0) is 12.0. The average Bonchev–Trinajstić information content (AvgIpc) is 2.14. The van der Waals surface area contributed by atoms with Gasteiger partial charge in [-0.3, -0.25) is 0 Å². The first kappa shape index (κ1) is 9.21. The molecule has 1 aliphatic rings. The fraction of sp³-hybridized carbons (Fsp3) is 0.417. The second-order valence-electron chi connectivity index (χ2n) is 4.37. The van der Waals surface area contributed by atoms with E-state index in [0.717, 1.165) is 5.56 Å². The quantitative estimate of drug-likeness (QED) is 0.793. The van der Waals surface area contributed by atoms with Crippen molar-refractivity contribution in [1.82, 2.24) is 0 Å². The Morgan fingerprint density at radius 2 is 2.33 bits per heavy atom. The van der Waals surface area contributed by atoms with Gasteiger partial charge < -0.3 is 5.73 Å². The van der Waals surface area contributed by atoms with E-state index in [4.69, 9.17) is 24.0 Å². The number of halogens is 1. The molecule has 0 radical (unpaired) electrons. The highest BCUT2D eigenvalue weighted by Gasteiger charge is 2.41. The molecule has 1 aromatic carbocycles. The summed E-state index contributed by atoms with van der Waals surface area (Å²) in [5, 5.41) is 9.67. The van der Waals surface area contributed by atoms with Crippen LogP contribution in [0, 0.1) is 11.3 Å². The fourth-order valence-corrected chi connectivity index (χ4v) is 2.43. The second kappa shape index (κ2) is 3.52. The van der Waals surface area contributed by atoms with Gasteiger partial charge >= 0.3 is 0 Å². The second-order valence-corrected chi connectivity index (χ2v) is 4.81. The summed E-state index contributed by atoms with van der Waals surface area (Å²) < 4.78 is 7.72. The van der Waals surface area contributed by atoms with Gasteiger partial charge in [-0.15, -0.1) is 0 Å². The zero-order valence-corrected chi connectivity index (χ0v) is 9.30. The number of rotatable bonds is 1. The van der Waals surface area contributed by atoms with E-state index in [1.807, 2.05) is 13.0 Å². The summed E-state index contributed by atoms with van der Waals surface area (Å²) in [6.07, 6.45) is 1.13. The van der Waals surface area contributed by atoms with Gasteiger partial charge in [-0.1, -0.05) is 18.5 Å². The Hall–Kier alpha value is -1.04. The molecule has 0 unspecified atom stereocenters. The number of nitrogens with two attached hydrogens (primary N) is 1. The predicted molar refractivity (Wildman–Crippen MR) is 60.7 cm³/mol. The van der Waals surface area contributed by atoms with Gasteiger partial charge in [0.2, 0.25) is 0 Å². The number of hydrogen-bond acceptors (Lipinski definition) is 2. The van der Waals surface area contributed by atoms with Gasteiger partial charge in [0.1, 0.15) is 0 Å². The summed E-state index contributed by atoms with van der Waals surface area (Å²) in [6.45, 7) is 2.03. The first-order valence-electron chi connectivity index (χ1n) is 5.35. The molecule has 78 valence electrons. The van der Waals surface area contributed by atoms with E-state index >= 15 is 0 Å². The van der Waals surface area contributed by atoms with E-state index in [2.05, 4.69) is 6.07 Å². The van der Waals surface area contributed by atoms with Gasteiger partial charge in [0.15, 0.2) is 0 Å². The average molecular weight is 222 g/mol. The lowest BCUT2D eigenvalue weighted by Crippen LogP contribution is -2.47. The molecule has 1 saturated carbocycles. The maximum absolute atomic E-state index is 9.05. The molecule has 0 amide bonds. The highest BCUT2D eigenvalue weighted by Crippen LogP contribution is 2.44. The van der Waals surface area contributed by atoms with E-state index in [-0.39, 0.29) is 5.41 Å². The molecule has 1 fully saturated rings. The van der Waals surface area contributed by atoms with Crippen molar-refractivity contribution >= 4 is 11.6 Å². The van der Waals surface area contributed by atoms with Gasteiger partial charge in [-0.05, 0) is 42.0 Å². The van der Waals surface area contributed by atoms with Crippen molar-refractivity contribution in [3.05, 3.63) is 34.3 Å². The molecule has 0 bridgehead atoms. The lowest BCUT2D eigenvalue weighted by Gasteiger charge is -2.44. The molecule has 2 rings (SSSR count). The lowest BCUT2D eigenvalue weighted by atomic mass is 9.62. The Bertz CT molecular complexity index is 468. The molecule has 0 atom stereocenters. The monoisotopic (exact) mass is 221 g/mol. The van der Waals surface area contributed by atoms with Crippen molar-refractivity contribution in [2.75, 3.05) is 0 Å². The number of hydrogen-bond donors (Lipinski definition) is 1. The topological polar surface area (TPSA) is 49.8 Å². The molecule has 2 N–H and O–H groups in total. The van der Waals surface area contributed by atoms with Crippen LogP contribution >= 0.6 is 11.6 Å². The minimum atomic E-state index is -0.857. The van der Waals surface area contributed by atoms with Gasteiger partial charge in [0, 0.05) is 12.4 Å². The molecule has 0 spiro atoms. The maximum Gasteiger partial charge on any atom is 0.0994 e. The Labute approximate surface area is 96.1 Å². The van der Waals surface area contributed by atoms with Crippen LogP contribution < -0.4 is 5.73 Å². The standard InChI is InChI=1S/C12H13ClN2/c1-12(5-10(15)6-12)11-4-9(13)3-2-8(11)7-14/h2-4,10H,5-6,15H2,1H3/i10D. The largest absolute Gasteiger partial charge is 0.328 e. The van der Waals surface area contributed by atoms with Gasteiger partial charge in [0.25, 0.3) is 0 Å². The molecule has 1 aromatic rings. The third-order valence-corrected chi connectivity index (χ3v) is 3.22. The lowest BCUT2D eigenvalue weighted by molar-refractivity contribution is 0.227. The van der Waals surface area contributed by atoms with Gasteiger partial charge in [0.05, 0.1) is 11.6 Å². The number of nitrogens with zero attached hydrogens (tertiary/aromatic N) is 1. The summed E-state index contributed by atoms with van der Waals surface area (Å²) in [4.78, 5) is 0. The van der Waals surface area contributed by atoms with Gasteiger partial charge in [-0.25, -0.2) is 0 Å². The van der Waals surface area contributed by atoms with Crippen molar-refractivity contribution in [3.8, 4) is 6.07 Å². The van der Waals surface area contributed by atoms with Crippen molar-refractivity contribution in [2.24, 2.45) is 5.73 Å². The highest BCUT2D eigenvalue weighted by molar-refractivity contribution is 6.30. The van der Waals surface area contributed by atoms with Gasteiger partial charge in [-0.2, -0.15) is 5.26 Å². The summed E-state index contributed by atoms with van der Waals surface area (Å²) in [5.74, 6) is 0. The predicted octanol–water partition coefficient (Wildman–Crippen LogP) is 2.59. The van der Waals surface area contributed by atoms with Crippen LogP contribution in [0.25, 0.3) is 0 Å². The van der Waals surface area contributed by atoms with E-state index in [1.165, 1.54) is 0 Å². The van der Waals surface area contributed by atoms with Crippen molar-refractivity contribution < 1.29 is 1.37 Å². The summed E-state index contributed by atoms with van der Waals surface area (Å²) in [5.41, 5.74) is 7.07. The minimum absolute atomic E-state index is 0.188. The Balaban J connectivity index is 2.42. The van der Waals surface area contributed by atoms with Crippen molar-refractivity contribution in [1.29, 1.82) is 5.26 Å². The van der Waals surface area contributed by atoms with E-state index in [1.54, 1.807) is 12.1 Å². The Kier molecular flexibility index (Phi) is 2.16. The van der Waals surface area contributed by atoms with Crippen molar-refractivity contribution in [2.45, 2.75) is 31.2 Å². The van der Waals surface area contributed by atoms with Crippen LogP contribution in [0.15, 0.2) is 18.2 Å². The highest BCUT2D eigenvalue weighted by atomic mass is 35.5. The molecule has 2 nitrogen and oxygen atoms in total. The molecule has 3 heteroatoms. The summed E-state index contributed by atoms with van der Waals surface area (Å²) in [6, 6.07) is 6.56. The molecule has 0 saturated heterocycles. The van der Waals surface area contributed by atoms with Crippen LogP contribution in [0.4, 0.5) is 0 Å². The SMILES string of the molecule is [2H]C1(N)CC(C)(c2cc(Cl)ccc2C#N)C1. The molecule has 15 heavy (non-hydrogen) atoms. The molecule has 0 aliphatic heterocycles. The summed E-state index contributed by atoms with van der Waals surface area (Å²) in [7, 11) is 0. The van der Waals surface area contributed by atoms with Crippen LogP contribution in [0.2, 0.25) is 5.02 Å². The zero-order valence-electron chi connectivity index (χ0n) is 9.55. The van der Waals surface area contributed by atoms with Crippen LogP contribution in [0.3, 0.4) is 0 Å². The molecular formula is C12H13ClN2. The number of nitriles is 1. The molecule has 0 aromatic heterocycles. The molecule has 0 heterocycles. The Morgan fingerprint density at radius 3 is 2.87 bits per heavy atom. The first-order valence-corrected chi connectivity index (χ1v) is 5.23. The van der Waals surface area contributed by atoms with E-state index in [0.29, 0.717) is 23.4 Å². The van der Waals surface area contributed by atoms with Crippen LogP contribution in [0.1, 0.15) is 32.3 Å². The smallest absolute Gasteiger partial charge is 0.0994 e. The van der Waals surface area contributed by atoms with E-state index in [9.17, 15) is 0 Å². The molecular weight excluding hydrogens is 208 g/mol. The van der Waals surface area contributed by atoms with E-state index < -0.39 is 6.02 Å². The third-order valence-electron chi connectivity index (χ3n) is 2.99. The normalized spacial score (nSPS) is 35.2. The number of benzene rings is 1. The van der Waals surface area contributed by atoms with Crippen LogP contribution in [-0.4, -0.2) is 6.02 Å². The minimum Gasteiger partial charge on any atom is -0.328 e. The Morgan fingerprint density at radius 1 is 1.67 bits per heavy atom.